The summed E-state index contributed by atoms with van der Waals surface area (Å²) in [7, 11) is 0. The summed E-state index contributed by atoms with van der Waals surface area (Å²) in [5.74, 6) is 1.14. The molecule has 1 aliphatic heterocycles. The van der Waals surface area contributed by atoms with E-state index in [1.807, 2.05) is 6.20 Å². The van der Waals surface area contributed by atoms with Gasteiger partial charge in [-0.05, 0) is 44.0 Å². The van der Waals surface area contributed by atoms with Crippen LogP contribution in [0.25, 0.3) is 0 Å². The maximum atomic E-state index is 4.48. The first-order valence-electron chi connectivity index (χ1n) is 6.23. The Bertz CT molecular complexity index is 338. The van der Waals surface area contributed by atoms with Crippen LogP contribution in [0.4, 0.5) is 5.82 Å². The second kappa shape index (κ2) is 5.30. The molecule has 2 heterocycles. The summed E-state index contributed by atoms with van der Waals surface area (Å²) in [5.41, 5.74) is 1.32. The lowest BCUT2D eigenvalue weighted by molar-refractivity contribution is 0.714. The molecule has 0 bridgehead atoms. The van der Waals surface area contributed by atoms with Crippen molar-refractivity contribution in [3.05, 3.63) is 23.9 Å². The van der Waals surface area contributed by atoms with Crippen LogP contribution in [-0.4, -0.2) is 24.1 Å². The number of hydrogen-bond donors (Lipinski definition) is 1. The van der Waals surface area contributed by atoms with Crippen molar-refractivity contribution < 1.29 is 0 Å². The quantitative estimate of drug-likeness (QED) is 0.841. The summed E-state index contributed by atoms with van der Waals surface area (Å²) >= 11 is 0. The highest BCUT2D eigenvalue weighted by atomic mass is 15.2. The molecule has 1 aromatic heterocycles. The highest BCUT2D eigenvalue weighted by Crippen LogP contribution is 2.23. The zero-order chi connectivity index (χ0) is 11.4. The van der Waals surface area contributed by atoms with Gasteiger partial charge >= 0.3 is 0 Å². The van der Waals surface area contributed by atoms with Gasteiger partial charge in [0.25, 0.3) is 0 Å². The van der Waals surface area contributed by atoms with Gasteiger partial charge in [-0.25, -0.2) is 4.98 Å². The normalized spacial score (nSPS) is 20.4. The van der Waals surface area contributed by atoms with E-state index in [0.29, 0.717) is 6.04 Å². The summed E-state index contributed by atoms with van der Waals surface area (Å²) in [5, 5.41) is 3.35. The first-order valence-corrected chi connectivity index (χ1v) is 6.23. The zero-order valence-electron chi connectivity index (χ0n) is 10.2. The molecule has 1 aromatic rings. The molecule has 3 heteroatoms. The van der Waals surface area contributed by atoms with Crippen LogP contribution in [0.15, 0.2) is 18.3 Å². The number of nitrogens with zero attached hydrogens (tertiary/aromatic N) is 2. The standard InChI is InChI=1S/C13H21N3/c1-3-14-10-12-6-7-15-13(9-12)16-8-4-5-11(16)2/h6-7,9,11,14H,3-5,8,10H2,1-2H3. The summed E-state index contributed by atoms with van der Waals surface area (Å²) < 4.78 is 0. The molecule has 2 rings (SSSR count). The Balaban J connectivity index is 2.09. The van der Waals surface area contributed by atoms with Gasteiger partial charge in [0.2, 0.25) is 0 Å². The zero-order valence-corrected chi connectivity index (χ0v) is 10.2. The number of rotatable bonds is 4. The smallest absolute Gasteiger partial charge is 0.129 e. The predicted molar refractivity (Wildman–Crippen MR) is 67.7 cm³/mol. The van der Waals surface area contributed by atoms with Crippen LogP contribution in [0.1, 0.15) is 32.3 Å². The van der Waals surface area contributed by atoms with Crippen LogP contribution in [-0.2, 0) is 6.54 Å². The molecule has 3 nitrogen and oxygen atoms in total. The second-order valence-corrected chi connectivity index (χ2v) is 4.49. The topological polar surface area (TPSA) is 28.2 Å². The van der Waals surface area contributed by atoms with E-state index >= 15 is 0 Å². The molecule has 0 saturated carbocycles. The van der Waals surface area contributed by atoms with E-state index in [4.69, 9.17) is 0 Å². The average molecular weight is 219 g/mol. The first kappa shape index (κ1) is 11.4. The molecular weight excluding hydrogens is 198 g/mol. The van der Waals surface area contributed by atoms with E-state index in [9.17, 15) is 0 Å². The number of pyridine rings is 1. The number of hydrogen-bond acceptors (Lipinski definition) is 3. The Kier molecular flexibility index (Phi) is 3.78. The third kappa shape index (κ3) is 2.53. The van der Waals surface area contributed by atoms with Crippen LogP contribution >= 0.6 is 0 Å². The van der Waals surface area contributed by atoms with Crippen LogP contribution in [0, 0.1) is 0 Å². The van der Waals surface area contributed by atoms with E-state index in [0.717, 1.165) is 25.5 Å². The molecule has 1 saturated heterocycles. The molecule has 16 heavy (non-hydrogen) atoms. The Labute approximate surface area is 97.9 Å². The minimum atomic E-state index is 0.641. The highest BCUT2D eigenvalue weighted by Gasteiger charge is 2.21. The van der Waals surface area contributed by atoms with Crippen molar-refractivity contribution in [3.63, 3.8) is 0 Å². The fourth-order valence-corrected chi connectivity index (χ4v) is 2.27. The Morgan fingerprint density at radius 1 is 1.56 bits per heavy atom. The number of nitrogens with one attached hydrogen (secondary N) is 1. The van der Waals surface area contributed by atoms with Crippen molar-refractivity contribution in [2.24, 2.45) is 0 Å². The molecule has 1 unspecified atom stereocenters. The molecule has 0 radical (unpaired) electrons. The van der Waals surface area contributed by atoms with Crippen LogP contribution in [0.2, 0.25) is 0 Å². The summed E-state index contributed by atoms with van der Waals surface area (Å²) in [6.45, 7) is 7.52. The molecule has 1 atom stereocenters. The molecule has 0 amide bonds. The minimum absolute atomic E-state index is 0.641. The average Bonchev–Trinajstić information content (AvgIpc) is 2.73. The molecule has 1 fully saturated rings. The summed E-state index contributed by atoms with van der Waals surface area (Å²) in [6.07, 6.45) is 4.51. The second-order valence-electron chi connectivity index (χ2n) is 4.49. The Morgan fingerprint density at radius 3 is 3.12 bits per heavy atom. The molecule has 88 valence electrons. The van der Waals surface area contributed by atoms with E-state index in [-0.39, 0.29) is 0 Å². The number of aromatic nitrogens is 1. The molecule has 1 N–H and O–H groups in total. The van der Waals surface area contributed by atoms with Gasteiger partial charge in [0.1, 0.15) is 5.82 Å². The van der Waals surface area contributed by atoms with E-state index < -0.39 is 0 Å². The van der Waals surface area contributed by atoms with E-state index in [1.165, 1.54) is 18.4 Å². The van der Waals surface area contributed by atoms with Crippen LogP contribution in [0.3, 0.4) is 0 Å². The van der Waals surface area contributed by atoms with Crippen LogP contribution in [0.5, 0.6) is 0 Å². The lowest BCUT2D eigenvalue weighted by atomic mass is 10.2. The van der Waals surface area contributed by atoms with Gasteiger partial charge in [-0.15, -0.1) is 0 Å². The van der Waals surface area contributed by atoms with Crippen molar-refractivity contribution in [3.8, 4) is 0 Å². The maximum absolute atomic E-state index is 4.48. The van der Waals surface area contributed by atoms with Gasteiger partial charge in [0.05, 0.1) is 0 Å². The largest absolute Gasteiger partial charge is 0.354 e. The van der Waals surface area contributed by atoms with Gasteiger partial charge in [-0.3, -0.25) is 0 Å². The molecule has 0 aromatic carbocycles. The number of anilines is 1. The predicted octanol–water partition coefficient (Wildman–Crippen LogP) is 2.18. The minimum Gasteiger partial charge on any atom is -0.354 e. The van der Waals surface area contributed by atoms with Gasteiger partial charge in [0, 0.05) is 25.3 Å². The van der Waals surface area contributed by atoms with E-state index in [2.05, 4.69) is 41.2 Å². The van der Waals surface area contributed by atoms with Crippen LogP contribution < -0.4 is 10.2 Å². The molecular formula is C13H21N3. The Morgan fingerprint density at radius 2 is 2.44 bits per heavy atom. The summed E-state index contributed by atoms with van der Waals surface area (Å²) in [4.78, 5) is 6.89. The van der Waals surface area contributed by atoms with Crippen molar-refractivity contribution in [1.29, 1.82) is 0 Å². The van der Waals surface area contributed by atoms with Crippen molar-refractivity contribution in [2.45, 2.75) is 39.3 Å². The lowest BCUT2D eigenvalue weighted by Gasteiger charge is -2.22. The highest BCUT2D eigenvalue weighted by molar-refractivity contribution is 5.43. The SMILES string of the molecule is CCNCc1ccnc(N2CCCC2C)c1. The molecule has 0 spiro atoms. The third-order valence-corrected chi connectivity index (χ3v) is 3.24. The van der Waals surface area contributed by atoms with Gasteiger partial charge in [0.15, 0.2) is 0 Å². The van der Waals surface area contributed by atoms with E-state index in [1.54, 1.807) is 0 Å². The maximum Gasteiger partial charge on any atom is 0.129 e. The Hall–Kier alpha value is -1.09. The van der Waals surface area contributed by atoms with Gasteiger partial charge < -0.3 is 10.2 Å². The third-order valence-electron chi connectivity index (χ3n) is 3.24. The first-order chi connectivity index (χ1) is 7.81. The molecule has 0 aliphatic carbocycles. The van der Waals surface area contributed by atoms with Crippen molar-refractivity contribution in [2.75, 3.05) is 18.0 Å². The van der Waals surface area contributed by atoms with Crippen molar-refractivity contribution >= 4 is 5.82 Å². The fraction of sp³-hybridized carbons (Fsp3) is 0.615. The van der Waals surface area contributed by atoms with Gasteiger partial charge in [-0.2, -0.15) is 0 Å². The fourth-order valence-electron chi connectivity index (χ4n) is 2.27. The molecule has 1 aliphatic rings. The lowest BCUT2D eigenvalue weighted by Crippen LogP contribution is -2.27. The van der Waals surface area contributed by atoms with Gasteiger partial charge in [-0.1, -0.05) is 6.92 Å². The monoisotopic (exact) mass is 219 g/mol. The summed E-state index contributed by atoms with van der Waals surface area (Å²) in [6, 6.07) is 4.94. The van der Waals surface area contributed by atoms with Crippen molar-refractivity contribution in [1.82, 2.24) is 10.3 Å².